The summed E-state index contributed by atoms with van der Waals surface area (Å²) in [7, 11) is 1.58. The van der Waals surface area contributed by atoms with E-state index in [4.69, 9.17) is 16.3 Å². The van der Waals surface area contributed by atoms with Gasteiger partial charge >= 0.3 is 0 Å². The number of benzene rings is 2. The molecule has 0 saturated carbocycles. The van der Waals surface area contributed by atoms with Crippen LogP contribution in [0.3, 0.4) is 0 Å². The zero-order valence-corrected chi connectivity index (χ0v) is 17.4. The first-order chi connectivity index (χ1) is 13.5. The molecule has 8 heteroatoms. The van der Waals surface area contributed by atoms with Gasteiger partial charge in [0.15, 0.2) is 5.82 Å². The van der Waals surface area contributed by atoms with Gasteiger partial charge in [-0.1, -0.05) is 41.6 Å². The lowest BCUT2D eigenvalue weighted by Crippen LogP contribution is -2.38. The Bertz CT molecular complexity index is 946. The highest BCUT2D eigenvalue weighted by Crippen LogP contribution is 2.31. The third-order valence-electron chi connectivity index (χ3n) is 4.03. The van der Waals surface area contributed by atoms with E-state index >= 15 is 0 Å². The number of hydrogen-bond acceptors (Lipinski definition) is 5. The fourth-order valence-electron chi connectivity index (χ4n) is 2.81. The summed E-state index contributed by atoms with van der Waals surface area (Å²) in [5, 5.41) is 8.15. The number of para-hydroxylation sites is 1. The van der Waals surface area contributed by atoms with E-state index in [2.05, 4.69) is 15.2 Å². The lowest BCUT2D eigenvalue weighted by Gasteiger charge is -2.26. The standard InChI is InChI=1S/C20H21ClN4O2S/c1-13(2)25(15-7-5-4-6-8-15)18(26)12-28-20-22-19(23-24-20)16-11-14(21)9-10-17(16)27-3/h4-11,13H,12H2,1-3H3,(H,22,23,24). The van der Waals surface area contributed by atoms with Gasteiger partial charge in [-0.25, -0.2) is 4.98 Å². The molecule has 1 amide bonds. The number of nitrogens with one attached hydrogen (secondary N) is 1. The molecule has 3 rings (SSSR count). The first-order valence-corrected chi connectivity index (χ1v) is 10.1. The summed E-state index contributed by atoms with van der Waals surface area (Å²) in [6.45, 7) is 3.98. The Hall–Kier alpha value is -2.51. The lowest BCUT2D eigenvalue weighted by molar-refractivity contribution is -0.116. The van der Waals surface area contributed by atoms with Crippen molar-refractivity contribution in [2.24, 2.45) is 0 Å². The van der Waals surface area contributed by atoms with Gasteiger partial charge in [-0.2, -0.15) is 0 Å². The quantitative estimate of drug-likeness (QED) is 0.567. The van der Waals surface area contributed by atoms with Crippen molar-refractivity contribution in [3.05, 3.63) is 53.6 Å². The highest BCUT2D eigenvalue weighted by atomic mass is 35.5. The van der Waals surface area contributed by atoms with Crippen LogP contribution in [-0.4, -0.2) is 40.0 Å². The molecule has 0 spiro atoms. The second kappa shape index (κ2) is 9.12. The largest absolute Gasteiger partial charge is 0.496 e. The predicted molar refractivity (Wildman–Crippen MR) is 113 cm³/mol. The second-order valence-electron chi connectivity index (χ2n) is 6.29. The maximum absolute atomic E-state index is 12.8. The van der Waals surface area contributed by atoms with Gasteiger partial charge in [0.25, 0.3) is 0 Å². The summed E-state index contributed by atoms with van der Waals surface area (Å²) < 4.78 is 5.35. The number of thioether (sulfide) groups is 1. The van der Waals surface area contributed by atoms with Crippen LogP contribution in [-0.2, 0) is 4.79 Å². The van der Waals surface area contributed by atoms with E-state index in [1.54, 1.807) is 30.2 Å². The van der Waals surface area contributed by atoms with Crippen LogP contribution in [0.5, 0.6) is 5.75 Å². The number of anilines is 1. The lowest BCUT2D eigenvalue weighted by atomic mass is 10.2. The molecule has 28 heavy (non-hydrogen) atoms. The van der Waals surface area contributed by atoms with E-state index in [0.29, 0.717) is 27.3 Å². The predicted octanol–water partition coefficient (Wildman–Crippen LogP) is 4.67. The minimum atomic E-state index is -0.00196. The third-order valence-corrected chi connectivity index (χ3v) is 5.09. The van der Waals surface area contributed by atoms with Crippen molar-refractivity contribution >= 4 is 35.0 Å². The Morgan fingerprint density at radius 2 is 2.00 bits per heavy atom. The summed E-state index contributed by atoms with van der Waals surface area (Å²) in [4.78, 5) is 19.0. The zero-order chi connectivity index (χ0) is 20.1. The fraction of sp³-hybridized carbons (Fsp3) is 0.250. The molecule has 0 radical (unpaired) electrons. The van der Waals surface area contributed by atoms with Crippen LogP contribution in [0, 0.1) is 0 Å². The Balaban J connectivity index is 1.72. The van der Waals surface area contributed by atoms with Crippen LogP contribution in [0.2, 0.25) is 5.02 Å². The summed E-state index contributed by atoms with van der Waals surface area (Å²) in [6.07, 6.45) is 0. The summed E-state index contributed by atoms with van der Waals surface area (Å²) in [5.74, 6) is 1.41. The highest BCUT2D eigenvalue weighted by Gasteiger charge is 2.20. The number of carbonyl (C=O) groups is 1. The molecule has 0 atom stereocenters. The van der Waals surface area contributed by atoms with Crippen LogP contribution in [0.25, 0.3) is 11.4 Å². The van der Waals surface area contributed by atoms with E-state index in [1.165, 1.54) is 11.8 Å². The van der Waals surface area contributed by atoms with Gasteiger partial charge in [0.05, 0.1) is 18.4 Å². The van der Waals surface area contributed by atoms with Crippen molar-refractivity contribution in [2.75, 3.05) is 17.8 Å². The van der Waals surface area contributed by atoms with Gasteiger partial charge < -0.3 is 9.64 Å². The van der Waals surface area contributed by atoms with E-state index < -0.39 is 0 Å². The summed E-state index contributed by atoms with van der Waals surface area (Å²) in [5.41, 5.74) is 1.59. The minimum Gasteiger partial charge on any atom is -0.496 e. The molecule has 0 saturated heterocycles. The van der Waals surface area contributed by atoms with Crippen molar-refractivity contribution in [1.29, 1.82) is 0 Å². The average molecular weight is 417 g/mol. The SMILES string of the molecule is COc1ccc(Cl)cc1-c1nc(SCC(=O)N(c2ccccc2)C(C)C)n[nH]1. The number of nitrogens with zero attached hydrogens (tertiary/aromatic N) is 3. The van der Waals surface area contributed by atoms with Gasteiger partial charge in [0.2, 0.25) is 11.1 Å². The number of aromatic nitrogens is 3. The molecule has 0 bridgehead atoms. The van der Waals surface area contributed by atoms with E-state index in [-0.39, 0.29) is 17.7 Å². The molecule has 2 aromatic carbocycles. The average Bonchev–Trinajstić information content (AvgIpc) is 3.16. The Kier molecular flexibility index (Phi) is 6.59. The molecular weight excluding hydrogens is 396 g/mol. The molecular formula is C20H21ClN4O2S. The molecule has 0 aliphatic carbocycles. The Morgan fingerprint density at radius 1 is 1.25 bits per heavy atom. The Morgan fingerprint density at radius 3 is 2.68 bits per heavy atom. The third kappa shape index (κ3) is 4.66. The number of rotatable bonds is 7. The number of hydrogen-bond donors (Lipinski definition) is 1. The topological polar surface area (TPSA) is 71.1 Å². The van der Waals surface area contributed by atoms with Gasteiger partial charge in [-0.3, -0.25) is 9.89 Å². The smallest absolute Gasteiger partial charge is 0.237 e. The number of aromatic amines is 1. The number of amides is 1. The van der Waals surface area contributed by atoms with E-state index in [0.717, 1.165) is 5.69 Å². The normalized spacial score (nSPS) is 10.9. The van der Waals surface area contributed by atoms with Gasteiger partial charge in [0, 0.05) is 16.8 Å². The number of halogens is 1. The minimum absolute atomic E-state index is 0.00196. The fourth-order valence-corrected chi connectivity index (χ4v) is 3.64. The molecule has 1 heterocycles. The molecule has 0 aliphatic heterocycles. The number of carbonyl (C=O) groups excluding carboxylic acids is 1. The van der Waals surface area contributed by atoms with Gasteiger partial charge in [-0.05, 0) is 44.2 Å². The molecule has 146 valence electrons. The van der Waals surface area contributed by atoms with Crippen molar-refractivity contribution in [3.8, 4) is 17.1 Å². The molecule has 0 aliphatic rings. The monoisotopic (exact) mass is 416 g/mol. The molecule has 1 aromatic heterocycles. The van der Waals surface area contributed by atoms with Gasteiger partial charge in [-0.15, -0.1) is 5.10 Å². The van der Waals surface area contributed by atoms with E-state index in [9.17, 15) is 4.79 Å². The maximum atomic E-state index is 12.8. The first kappa shape index (κ1) is 20.2. The first-order valence-electron chi connectivity index (χ1n) is 8.76. The molecule has 1 N–H and O–H groups in total. The van der Waals surface area contributed by atoms with Crippen molar-refractivity contribution < 1.29 is 9.53 Å². The van der Waals surface area contributed by atoms with E-state index in [1.807, 2.05) is 44.2 Å². The van der Waals surface area contributed by atoms with Crippen LogP contribution in [0.4, 0.5) is 5.69 Å². The van der Waals surface area contributed by atoms with Crippen molar-refractivity contribution in [1.82, 2.24) is 15.2 Å². The second-order valence-corrected chi connectivity index (χ2v) is 7.67. The maximum Gasteiger partial charge on any atom is 0.237 e. The molecule has 6 nitrogen and oxygen atoms in total. The number of H-pyrrole nitrogens is 1. The molecule has 3 aromatic rings. The summed E-state index contributed by atoms with van der Waals surface area (Å²) in [6, 6.07) is 15.0. The van der Waals surface area contributed by atoms with Crippen molar-refractivity contribution in [3.63, 3.8) is 0 Å². The summed E-state index contributed by atoms with van der Waals surface area (Å²) >= 11 is 7.37. The highest BCUT2D eigenvalue weighted by molar-refractivity contribution is 7.99. The number of methoxy groups -OCH3 is 1. The molecule has 0 fully saturated rings. The van der Waals surface area contributed by atoms with Gasteiger partial charge in [0.1, 0.15) is 5.75 Å². The van der Waals surface area contributed by atoms with Crippen LogP contribution in [0.15, 0.2) is 53.7 Å². The van der Waals surface area contributed by atoms with Crippen LogP contribution in [0.1, 0.15) is 13.8 Å². The van der Waals surface area contributed by atoms with Crippen LogP contribution < -0.4 is 9.64 Å². The zero-order valence-electron chi connectivity index (χ0n) is 15.8. The van der Waals surface area contributed by atoms with Crippen molar-refractivity contribution in [2.45, 2.75) is 25.0 Å². The molecule has 0 unspecified atom stereocenters. The number of ether oxygens (including phenoxy) is 1. The Labute approximate surface area is 173 Å². The van der Waals surface area contributed by atoms with Crippen LogP contribution >= 0.6 is 23.4 Å².